The summed E-state index contributed by atoms with van der Waals surface area (Å²) in [4.78, 5) is 14.9. The van der Waals surface area contributed by atoms with Crippen LogP contribution in [0.4, 0.5) is 17.1 Å². The number of anilines is 3. The fourth-order valence-electron chi connectivity index (χ4n) is 3.41. The molecule has 0 bridgehead atoms. The summed E-state index contributed by atoms with van der Waals surface area (Å²) >= 11 is 0. The Morgan fingerprint density at radius 2 is 1.84 bits per heavy atom. The van der Waals surface area contributed by atoms with Crippen molar-refractivity contribution in [3.63, 3.8) is 0 Å². The molecule has 1 amide bonds. The average Bonchev–Trinajstić information content (AvgIpc) is 3.26. The van der Waals surface area contributed by atoms with Gasteiger partial charge in [0.05, 0.1) is 0 Å². The van der Waals surface area contributed by atoms with Crippen molar-refractivity contribution in [2.45, 2.75) is 19.3 Å². The summed E-state index contributed by atoms with van der Waals surface area (Å²) < 4.78 is 0. The maximum absolute atomic E-state index is 12.5. The van der Waals surface area contributed by atoms with Crippen LogP contribution in [0.15, 0.2) is 42.5 Å². The first-order chi connectivity index (χ1) is 11.3. The van der Waals surface area contributed by atoms with Gasteiger partial charge in [0.15, 0.2) is 0 Å². The maximum Gasteiger partial charge on any atom is 0.255 e. The summed E-state index contributed by atoms with van der Waals surface area (Å²) in [5, 5.41) is 6.34. The molecular formula is C19H23Cl2N3O. The molecule has 2 aromatic carbocycles. The second-order valence-corrected chi connectivity index (χ2v) is 6.25. The number of amides is 1. The van der Waals surface area contributed by atoms with E-state index in [1.807, 2.05) is 30.3 Å². The van der Waals surface area contributed by atoms with E-state index in [1.165, 1.54) is 24.1 Å². The van der Waals surface area contributed by atoms with E-state index in [9.17, 15) is 4.79 Å². The fraction of sp³-hybridized carbons (Fsp3) is 0.316. The molecule has 0 aliphatic carbocycles. The predicted octanol–water partition coefficient (Wildman–Crippen LogP) is 4.35. The number of carbonyl (C=O) groups excluding carboxylic acids is 1. The molecular weight excluding hydrogens is 357 g/mol. The van der Waals surface area contributed by atoms with E-state index in [0.717, 1.165) is 43.0 Å². The summed E-state index contributed by atoms with van der Waals surface area (Å²) in [5.74, 6) is -0.0433. The van der Waals surface area contributed by atoms with Crippen LogP contribution in [0.3, 0.4) is 0 Å². The second-order valence-electron chi connectivity index (χ2n) is 6.25. The van der Waals surface area contributed by atoms with Crippen LogP contribution in [0.2, 0.25) is 0 Å². The second kappa shape index (κ2) is 8.45. The lowest BCUT2D eigenvalue weighted by Crippen LogP contribution is -2.18. The molecule has 134 valence electrons. The average molecular weight is 380 g/mol. The molecule has 0 aromatic heterocycles. The smallest absolute Gasteiger partial charge is 0.255 e. The predicted molar refractivity (Wildman–Crippen MR) is 109 cm³/mol. The molecule has 2 N–H and O–H groups in total. The molecule has 25 heavy (non-hydrogen) atoms. The number of hydrogen-bond acceptors (Lipinski definition) is 3. The summed E-state index contributed by atoms with van der Waals surface area (Å²) in [6.45, 7) is 3.17. The zero-order valence-electron chi connectivity index (χ0n) is 14.0. The van der Waals surface area contributed by atoms with Crippen molar-refractivity contribution in [2.24, 2.45) is 0 Å². The van der Waals surface area contributed by atoms with Crippen molar-refractivity contribution in [1.29, 1.82) is 0 Å². The molecule has 2 aromatic rings. The molecule has 4 rings (SSSR count). The van der Waals surface area contributed by atoms with Gasteiger partial charge in [-0.2, -0.15) is 0 Å². The molecule has 0 radical (unpaired) electrons. The minimum absolute atomic E-state index is 0. The van der Waals surface area contributed by atoms with Gasteiger partial charge < -0.3 is 15.5 Å². The molecule has 2 aliphatic heterocycles. The molecule has 0 spiro atoms. The standard InChI is InChI=1S/C19H21N3O.2ClH/c23-19(15-6-7-18-14(12-15)8-9-20-18)21-16-4-3-5-17(13-16)22-10-1-2-11-22;;/h3-7,12-13,20H,1-2,8-11H2,(H,21,23);2*1H. The molecule has 1 fully saturated rings. The number of hydrogen-bond donors (Lipinski definition) is 2. The van der Waals surface area contributed by atoms with Crippen LogP contribution in [-0.2, 0) is 6.42 Å². The Morgan fingerprint density at radius 1 is 1.04 bits per heavy atom. The quantitative estimate of drug-likeness (QED) is 0.832. The number of nitrogens with zero attached hydrogens (tertiary/aromatic N) is 1. The van der Waals surface area contributed by atoms with Crippen molar-refractivity contribution in [1.82, 2.24) is 0 Å². The lowest BCUT2D eigenvalue weighted by Gasteiger charge is -2.18. The maximum atomic E-state index is 12.5. The van der Waals surface area contributed by atoms with Crippen LogP contribution in [0.5, 0.6) is 0 Å². The number of benzene rings is 2. The lowest BCUT2D eigenvalue weighted by molar-refractivity contribution is 0.102. The van der Waals surface area contributed by atoms with Crippen LogP contribution in [0, 0.1) is 0 Å². The van der Waals surface area contributed by atoms with E-state index in [0.29, 0.717) is 0 Å². The summed E-state index contributed by atoms with van der Waals surface area (Å²) in [7, 11) is 0. The minimum Gasteiger partial charge on any atom is -0.384 e. The largest absolute Gasteiger partial charge is 0.384 e. The van der Waals surface area contributed by atoms with E-state index in [2.05, 4.69) is 27.7 Å². The van der Waals surface area contributed by atoms with Crippen molar-refractivity contribution in [3.05, 3.63) is 53.6 Å². The van der Waals surface area contributed by atoms with Gasteiger partial charge in [-0.15, -0.1) is 24.8 Å². The van der Waals surface area contributed by atoms with Gasteiger partial charge in [0.1, 0.15) is 0 Å². The molecule has 0 atom stereocenters. The Morgan fingerprint density at radius 3 is 2.64 bits per heavy atom. The van der Waals surface area contributed by atoms with E-state index in [1.54, 1.807) is 0 Å². The van der Waals surface area contributed by atoms with Gasteiger partial charge >= 0.3 is 0 Å². The summed E-state index contributed by atoms with van der Waals surface area (Å²) in [5.41, 5.74) is 5.15. The lowest BCUT2D eigenvalue weighted by atomic mass is 10.1. The van der Waals surface area contributed by atoms with Crippen LogP contribution in [0.1, 0.15) is 28.8 Å². The monoisotopic (exact) mass is 379 g/mol. The Kier molecular flexibility index (Phi) is 6.57. The Balaban J connectivity index is 0.00000113. The van der Waals surface area contributed by atoms with Gasteiger partial charge in [-0.25, -0.2) is 0 Å². The topological polar surface area (TPSA) is 44.4 Å². The highest BCUT2D eigenvalue weighted by molar-refractivity contribution is 6.05. The third kappa shape index (κ3) is 4.20. The third-order valence-electron chi connectivity index (χ3n) is 4.65. The van der Waals surface area contributed by atoms with Crippen LogP contribution in [-0.4, -0.2) is 25.5 Å². The fourth-order valence-corrected chi connectivity index (χ4v) is 3.41. The van der Waals surface area contributed by atoms with E-state index in [4.69, 9.17) is 0 Å². The molecule has 6 heteroatoms. The van der Waals surface area contributed by atoms with Gasteiger partial charge in [-0.3, -0.25) is 4.79 Å². The Labute approximate surface area is 160 Å². The highest BCUT2D eigenvalue weighted by Gasteiger charge is 2.15. The highest BCUT2D eigenvalue weighted by atomic mass is 35.5. The highest BCUT2D eigenvalue weighted by Crippen LogP contribution is 2.25. The summed E-state index contributed by atoms with van der Waals surface area (Å²) in [6, 6.07) is 14.0. The van der Waals surface area contributed by atoms with Gasteiger partial charge in [0.2, 0.25) is 0 Å². The van der Waals surface area contributed by atoms with E-state index in [-0.39, 0.29) is 30.7 Å². The number of nitrogens with one attached hydrogen (secondary N) is 2. The molecule has 2 aliphatic rings. The molecule has 1 saturated heterocycles. The van der Waals surface area contributed by atoms with Crippen molar-refractivity contribution >= 4 is 47.8 Å². The normalized spacial score (nSPS) is 14.8. The van der Waals surface area contributed by atoms with Crippen molar-refractivity contribution < 1.29 is 4.79 Å². The number of halogens is 2. The zero-order chi connectivity index (χ0) is 15.6. The van der Waals surface area contributed by atoms with Gasteiger partial charge in [0.25, 0.3) is 5.91 Å². The van der Waals surface area contributed by atoms with E-state index >= 15 is 0 Å². The molecule has 4 nitrogen and oxygen atoms in total. The zero-order valence-corrected chi connectivity index (χ0v) is 15.6. The van der Waals surface area contributed by atoms with Crippen molar-refractivity contribution in [2.75, 3.05) is 35.2 Å². The van der Waals surface area contributed by atoms with Crippen LogP contribution >= 0.6 is 24.8 Å². The van der Waals surface area contributed by atoms with Gasteiger partial charge in [0, 0.05) is 42.3 Å². The SMILES string of the molecule is Cl.Cl.O=C(Nc1cccc(N2CCCC2)c1)c1ccc2c(c1)CCN2. The first-order valence-corrected chi connectivity index (χ1v) is 8.33. The first-order valence-electron chi connectivity index (χ1n) is 8.33. The number of carbonyl (C=O) groups is 1. The van der Waals surface area contributed by atoms with E-state index < -0.39 is 0 Å². The number of fused-ring (bicyclic) bond motifs is 1. The molecule has 0 unspecified atom stereocenters. The molecule has 0 saturated carbocycles. The van der Waals surface area contributed by atoms with Crippen molar-refractivity contribution in [3.8, 4) is 0 Å². The Bertz CT molecular complexity index is 745. The summed E-state index contributed by atoms with van der Waals surface area (Å²) in [6.07, 6.45) is 3.49. The van der Waals surface area contributed by atoms with Crippen LogP contribution < -0.4 is 15.5 Å². The van der Waals surface area contributed by atoms with Gasteiger partial charge in [-0.05, 0) is 61.2 Å². The molecule has 2 heterocycles. The third-order valence-corrected chi connectivity index (χ3v) is 4.65. The Hall–Kier alpha value is -1.91. The number of rotatable bonds is 3. The van der Waals surface area contributed by atoms with Crippen LogP contribution in [0.25, 0.3) is 0 Å². The van der Waals surface area contributed by atoms with Gasteiger partial charge in [-0.1, -0.05) is 6.07 Å². The first kappa shape index (κ1) is 19.4. The minimum atomic E-state index is -0.0433.